The van der Waals surface area contributed by atoms with Crippen molar-refractivity contribution in [2.75, 3.05) is 29.6 Å². The maximum absolute atomic E-state index is 5.38. The molecule has 0 amide bonds. The molecule has 0 saturated heterocycles. The molecule has 0 aliphatic carbocycles. The SMILES string of the molecule is CCc1ccccc1NC(=S)Nc1ccc(N(C)C)cc1. The molecule has 4 heteroatoms. The summed E-state index contributed by atoms with van der Waals surface area (Å²) in [6.45, 7) is 2.14. The lowest BCUT2D eigenvalue weighted by Gasteiger charge is -2.15. The first-order valence-corrected chi connectivity index (χ1v) is 7.44. The van der Waals surface area contributed by atoms with Crippen molar-refractivity contribution in [3.8, 4) is 0 Å². The molecule has 0 radical (unpaired) electrons. The van der Waals surface area contributed by atoms with Gasteiger partial charge in [0.25, 0.3) is 0 Å². The summed E-state index contributed by atoms with van der Waals surface area (Å²) in [4.78, 5) is 2.07. The number of anilines is 3. The number of thiocarbonyl (C=S) groups is 1. The summed E-state index contributed by atoms with van der Waals surface area (Å²) in [6.07, 6.45) is 0.976. The summed E-state index contributed by atoms with van der Waals surface area (Å²) in [5, 5.41) is 7.07. The highest BCUT2D eigenvalue weighted by Gasteiger charge is 2.03. The largest absolute Gasteiger partial charge is 0.378 e. The Morgan fingerprint density at radius 2 is 1.67 bits per heavy atom. The Balaban J connectivity index is 2.01. The number of benzene rings is 2. The van der Waals surface area contributed by atoms with Gasteiger partial charge in [-0.2, -0.15) is 0 Å². The zero-order chi connectivity index (χ0) is 15.2. The summed E-state index contributed by atoms with van der Waals surface area (Å²) in [6, 6.07) is 16.4. The predicted molar refractivity (Wildman–Crippen MR) is 96.4 cm³/mol. The Hall–Kier alpha value is -2.07. The monoisotopic (exact) mass is 299 g/mol. The summed E-state index contributed by atoms with van der Waals surface area (Å²) < 4.78 is 0. The van der Waals surface area contributed by atoms with E-state index in [1.165, 1.54) is 5.56 Å². The van der Waals surface area contributed by atoms with Crippen LogP contribution in [0, 0.1) is 0 Å². The van der Waals surface area contributed by atoms with Gasteiger partial charge in [-0.3, -0.25) is 0 Å². The molecule has 0 heterocycles. The van der Waals surface area contributed by atoms with Crippen LogP contribution in [-0.4, -0.2) is 19.2 Å². The van der Waals surface area contributed by atoms with Crippen LogP contribution < -0.4 is 15.5 Å². The van der Waals surface area contributed by atoms with Gasteiger partial charge in [-0.05, 0) is 54.5 Å². The molecule has 0 aromatic heterocycles. The van der Waals surface area contributed by atoms with Crippen molar-refractivity contribution in [2.45, 2.75) is 13.3 Å². The molecule has 0 aliphatic heterocycles. The predicted octanol–water partition coefficient (Wildman–Crippen LogP) is 4.12. The third-order valence-electron chi connectivity index (χ3n) is 3.29. The van der Waals surface area contributed by atoms with Crippen molar-refractivity contribution in [3.05, 3.63) is 54.1 Å². The molecule has 0 saturated carbocycles. The van der Waals surface area contributed by atoms with Crippen molar-refractivity contribution in [2.24, 2.45) is 0 Å². The highest BCUT2D eigenvalue weighted by molar-refractivity contribution is 7.80. The highest BCUT2D eigenvalue weighted by Crippen LogP contribution is 2.18. The molecule has 0 fully saturated rings. The van der Waals surface area contributed by atoms with Crippen LogP contribution in [0.4, 0.5) is 17.1 Å². The minimum Gasteiger partial charge on any atom is -0.378 e. The lowest BCUT2D eigenvalue weighted by Crippen LogP contribution is -2.20. The van der Waals surface area contributed by atoms with Crippen LogP contribution in [0.5, 0.6) is 0 Å². The minimum absolute atomic E-state index is 0.605. The third-order valence-corrected chi connectivity index (χ3v) is 3.49. The van der Waals surface area contributed by atoms with Crippen LogP contribution in [0.1, 0.15) is 12.5 Å². The van der Waals surface area contributed by atoms with E-state index in [4.69, 9.17) is 12.2 Å². The van der Waals surface area contributed by atoms with Gasteiger partial charge in [-0.25, -0.2) is 0 Å². The molecular formula is C17H21N3S. The summed E-state index contributed by atoms with van der Waals surface area (Å²) in [5.41, 5.74) is 4.45. The minimum atomic E-state index is 0.605. The quantitative estimate of drug-likeness (QED) is 0.830. The summed E-state index contributed by atoms with van der Waals surface area (Å²) in [7, 11) is 4.05. The maximum atomic E-state index is 5.38. The number of nitrogens with one attached hydrogen (secondary N) is 2. The summed E-state index contributed by atoms with van der Waals surface area (Å²) in [5.74, 6) is 0. The van der Waals surface area contributed by atoms with Gasteiger partial charge in [0.1, 0.15) is 0 Å². The normalized spacial score (nSPS) is 10.0. The first-order chi connectivity index (χ1) is 10.1. The van der Waals surface area contributed by atoms with E-state index in [-0.39, 0.29) is 0 Å². The second-order valence-corrected chi connectivity index (χ2v) is 5.44. The first-order valence-electron chi connectivity index (χ1n) is 7.03. The van der Waals surface area contributed by atoms with Gasteiger partial charge in [0.2, 0.25) is 0 Å². The lowest BCUT2D eigenvalue weighted by atomic mass is 10.1. The first kappa shape index (κ1) is 15.3. The van der Waals surface area contributed by atoms with Gasteiger partial charge in [0, 0.05) is 31.2 Å². The fourth-order valence-corrected chi connectivity index (χ4v) is 2.31. The maximum Gasteiger partial charge on any atom is 0.175 e. The average Bonchev–Trinajstić information content (AvgIpc) is 2.48. The average molecular weight is 299 g/mol. The smallest absolute Gasteiger partial charge is 0.175 e. The molecule has 0 spiro atoms. The third kappa shape index (κ3) is 4.20. The van der Waals surface area contributed by atoms with E-state index in [0.717, 1.165) is 23.5 Å². The second-order valence-electron chi connectivity index (χ2n) is 5.03. The Morgan fingerprint density at radius 3 is 2.29 bits per heavy atom. The molecule has 0 aliphatic rings. The van der Waals surface area contributed by atoms with Gasteiger partial charge < -0.3 is 15.5 Å². The van der Waals surface area contributed by atoms with Crippen LogP contribution in [0.25, 0.3) is 0 Å². The Kier molecular flexibility index (Phi) is 5.17. The number of aryl methyl sites for hydroxylation is 1. The Labute approximate surface area is 132 Å². The van der Waals surface area contributed by atoms with Crippen LogP contribution in [0.2, 0.25) is 0 Å². The van der Waals surface area contributed by atoms with Crippen LogP contribution >= 0.6 is 12.2 Å². The van der Waals surface area contributed by atoms with Gasteiger partial charge in [-0.1, -0.05) is 25.1 Å². The van der Waals surface area contributed by atoms with Gasteiger partial charge >= 0.3 is 0 Å². The van der Waals surface area contributed by atoms with Crippen molar-refractivity contribution in [1.29, 1.82) is 0 Å². The molecule has 3 nitrogen and oxygen atoms in total. The topological polar surface area (TPSA) is 27.3 Å². The van der Waals surface area contributed by atoms with Crippen LogP contribution in [0.3, 0.4) is 0 Å². The molecule has 2 N–H and O–H groups in total. The Bertz CT molecular complexity index is 606. The van der Waals surface area contributed by atoms with E-state index in [9.17, 15) is 0 Å². The fraction of sp³-hybridized carbons (Fsp3) is 0.235. The van der Waals surface area contributed by atoms with E-state index >= 15 is 0 Å². The molecule has 2 aromatic rings. The standard InChI is InChI=1S/C17H21N3S/c1-4-13-7-5-6-8-16(13)19-17(21)18-14-9-11-15(12-10-14)20(2)3/h5-12H,4H2,1-3H3,(H2,18,19,21). The molecular weight excluding hydrogens is 278 g/mol. The van der Waals surface area contributed by atoms with E-state index in [0.29, 0.717) is 5.11 Å². The molecule has 110 valence electrons. The molecule has 0 bridgehead atoms. The van der Waals surface area contributed by atoms with Gasteiger partial charge in [0.15, 0.2) is 5.11 Å². The molecule has 0 unspecified atom stereocenters. The zero-order valence-corrected chi connectivity index (χ0v) is 13.5. The lowest BCUT2D eigenvalue weighted by molar-refractivity contribution is 1.13. The summed E-state index contributed by atoms with van der Waals surface area (Å²) >= 11 is 5.38. The Morgan fingerprint density at radius 1 is 1.00 bits per heavy atom. The number of para-hydroxylation sites is 1. The fourth-order valence-electron chi connectivity index (χ4n) is 2.08. The zero-order valence-electron chi connectivity index (χ0n) is 12.7. The highest BCUT2D eigenvalue weighted by atomic mass is 32.1. The van der Waals surface area contributed by atoms with E-state index < -0.39 is 0 Å². The van der Waals surface area contributed by atoms with Gasteiger partial charge in [0.05, 0.1) is 0 Å². The van der Waals surface area contributed by atoms with E-state index in [1.54, 1.807) is 0 Å². The molecule has 21 heavy (non-hydrogen) atoms. The van der Waals surface area contributed by atoms with Crippen molar-refractivity contribution in [1.82, 2.24) is 0 Å². The van der Waals surface area contributed by atoms with E-state index in [1.807, 2.05) is 44.4 Å². The van der Waals surface area contributed by atoms with Crippen molar-refractivity contribution < 1.29 is 0 Å². The molecule has 2 aromatic carbocycles. The van der Waals surface area contributed by atoms with Crippen LogP contribution in [0.15, 0.2) is 48.5 Å². The second kappa shape index (κ2) is 7.09. The molecule has 0 atom stereocenters. The van der Waals surface area contributed by atoms with Gasteiger partial charge in [-0.15, -0.1) is 0 Å². The van der Waals surface area contributed by atoms with Crippen LogP contribution in [-0.2, 0) is 6.42 Å². The number of rotatable bonds is 4. The number of nitrogens with zero attached hydrogens (tertiary/aromatic N) is 1. The molecule has 2 rings (SSSR count). The van der Waals surface area contributed by atoms with Crippen molar-refractivity contribution in [3.63, 3.8) is 0 Å². The van der Waals surface area contributed by atoms with E-state index in [2.05, 4.69) is 40.7 Å². The number of hydrogen-bond acceptors (Lipinski definition) is 2. The number of hydrogen-bond donors (Lipinski definition) is 2. The van der Waals surface area contributed by atoms with Crippen molar-refractivity contribution >= 4 is 34.4 Å².